The number of benzene rings is 2. The number of hydrogen-bond donors (Lipinski definition) is 1. The molecule has 0 unspecified atom stereocenters. The van der Waals surface area contributed by atoms with Gasteiger partial charge < -0.3 is 5.32 Å². The van der Waals surface area contributed by atoms with E-state index in [1.54, 1.807) is 18.5 Å². The van der Waals surface area contributed by atoms with E-state index in [-0.39, 0.29) is 5.82 Å². The predicted molar refractivity (Wildman–Crippen MR) is 85.8 cm³/mol. The summed E-state index contributed by atoms with van der Waals surface area (Å²) in [6.45, 7) is 0.726. The lowest BCUT2D eigenvalue weighted by Gasteiger charge is -2.08. The number of anilines is 1. The highest BCUT2D eigenvalue weighted by Crippen LogP contribution is 2.23. The second kappa shape index (κ2) is 6.18. The number of aromatic nitrogens is 2. The van der Waals surface area contributed by atoms with E-state index in [1.807, 2.05) is 18.2 Å². The van der Waals surface area contributed by atoms with E-state index in [2.05, 4.69) is 31.2 Å². The Labute approximate surface area is 130 Å². The topological polar surface area (TPSA) is 37.8 Å². The molecule has 0 spiro atoms. The molecule has 0 atom stereocenters. The first kappa shape index (κ1) is 13.9. The highest BCUT2D eigenvalue weighted by atomic mass is 79.9. The zero-order chi connectivity index (χ0) is 14.7. The van der Waals surface area contributed by atoms with Crippen LogP contribution in [0.15, 0.2) is 53.3 Å². The maximum absolute atomic E-state index is 12.8. The molecular formula is C16H13BrFN3. The first-order valence-corrected chi connectivity index (χ1v) is 7.40. The molecule has 3 aromatic rings. The Morgan fingerprint density at radius 2 is 1.86 bits per heavy atom. The fourth-order valence-electron chi connectivity index (χ4n) is 2.15. The van der Waals surface area contributed by atoms with E-state index in [4.69, 9.17) is 0 Å². The summed E-state index contributed by atoms with van der Waals surface area (Å²) in [7, 11) is 0. The Balaban J connectivity index is 1.73. The molecule has 0 aliphatic rings. The Morgan fingerprint density at radius 3 is 2.67 bits per heavy atom. The van der Waals surface area contributed by atoms with Crippen molar-refractivity contribution in [3.63, 3.8) is 0 Å². The van der Waals surface area contributed by atoms with Gasteiger partial charge in [-0.3, -0.25) is 0 Å². The Hall–Kier alpha value is -2.01. The van der Waals surface area contributed by atoms with E-state index < -0.39 is 0 Å². The van der Waals surface area contributed by atoms with Crippen molar-refractivity contribution in [3.8, 4) is 0 Å². The lowest BCUT2D eigenvalue weighted by atomic mass is 10.1. The van der Waals surface area contributed by atoms with Crippen molar-refractivity contribution < 1.29 is 4.39 Å². The predicted octanol–water partition coefficient (Wildman–Crippen LogP) is 4.19. The van der Waals surface area contributed by atoms with E-state index in [0.717, 1.165) is 39.7 Å². The molecular weight excluding hydrogens is 333 g/mol. The van der Waals surface area contributed by atoms with E-state index >= 15 is 0 Å². The first-order chi connectivity index (χ1) is 10.2. The minimum atomic E-state index is -0.210. The second-order valence-electron chi connectivity index (χ2n) is 4.69. The largest absolute Gasteiger partial charge is 0.369 e. The molecule has 1 N–H and O–H groups in total. The molecule has 0 amide bonds. The van der Waals surface area contributed by atoms with Gasteiger partial charge >= 0.3 is 0 Å². The van der Waals surface area contributed by atoms with Gasteiger partial charge in [-0.15, -0.1) is 0 Å². The molecule has 0 saturated heterocycles. The van der Waals surface area contributed by atoms with Gasteiger partial charge in [-0.25, -0.2) is 14.4 Å². The third-order valence-corrected chi connectivity index (χ3v) is 3.71. The van der Waals surface area contributed by atoms with Gasteiger partial charge in [0.2, 0.25) is 0 Å². The summed E-state index contributed by atoms with van der Waals surface area (Å²) in [5.74, 6) is 0.599. The van der Waals surface area contributed by atoms with Crippen LogP contribution in [0.5, 0.6) is 0 Å². The Kier molecular flexibility index (Phi) is 4.10. The molecule has 1 aromatic heterocycles. The van der Waals surface area contributed by atoms with Gasteiger partial charge in [-0.1, -0.05) is 28.1 Å². The molecule has 0 aliphatic heterocycles. The molecule has 0 aliphatic carbocycles. The van der Waals surface area contributed by atoms with Crippen molar-refractivity contribution in [3.05, 3.63) is 64.6 Å². The molecule has 0 saturated carbocycles. The number of rotatable bonds is 4. The SMILES string of the molecule is Fc1ccc(CCNc2ncnc3ccc(Br)cc23)cc1. The third kappa shape index (κ3) is 3.36. The van der Waals surface area contributed by atoms with Crippen LogP contribution < -0.4 is 5.32 Å². The molecule has 106 valence electrons. The zero-order valence-electron chi connectivity index (χ0n) is 11.2. The minimum Gasteiger partial charge on any atom is -0.369 e. The molecule has 3 rings (SSSR count). The number of nitrogens with one attached hydrogen (secondary N) is 1. The van der Waals surface area contributed by atoms with Crippen molar-refractivity contribution in [2.45, 2.75) is 6.42 Å². The monoisotopic (exact) mass is 345 g/mol. The molecule has 3 nitrogen and oxygen atoms in total. The Morgan fingerprint density at radius 1 is 1.05 bits per heavy atom. The second-order valence-corrected chi connectivity index (χ2v) is 5.60. The van der Waals surface area contributed by atoms with Gasteiger partial charge in [0.25, 0.3) is 0 Å². The quantitative estimate of drug-likeness (QED) is 0.770. The standard InChI is InChI=1S/C16H13BrFN3/c17-12-3-6-15-14(9-12)16(21-10-20-15)19-8-7-11-1-4-13(18)5-2-11/h1-6,9-10H,7-8H2,(H,19,20,21). The average molecular weight is 346 g/mol. The number of hydrogen-bond acceptors (Lipinski definition) is 3. The molecule has 0 fully saturated rings. The smallest absolute Gasteiger partial charge is 0.137 e. The van der Waals surface area contributed by atoms with Crippen LogP contribution in [0.1, 0.15) is 5.56 Å². The summed E-state index contributed by atoms with van der Waals surface area (Å²) >= 11 is 3.46. The molecule has 5 heteroatoms. The van der Waals surface area contributed by atoms with Crippen molar-refractivity contribution in [2.75, 3.05) is 11.9 Å². The van der Waals surface area contributed by atoms with Crippen LogP contribution in [0.3, 0.4) is 0 Å². The van der Waals surface area contributed by atoms with Crippen LogP contribution in [0, 0.1) is 5.82 Å². The number of halogens is 2. The normalized spacial score (nSPS) is 10.8. The summed E-state index contributed by atoms with van der Waals surface area (Å²) in [6.07, 6.45) is 2.36. The summed E-state index contributed by atoms with van der Waals surface area (Å²) in [5.41, 5.74) is 1.99. The van der Waals surface area contributed by atoms with Crippen LogP contribution in [-0.2, 0) is 6.42 Å². The van der Waals surface area contributed by atoms with Crippen molar-refractivity contribution >= 4 is 32.7 Å². The van der Waals surface area contributed by atoms with Crippen molar-refractivity contribution in [2.24, 2.45) is 0 Å². The van der Waals surface area contributed by atoms with Gasteiger partial charge in [0.15, 0.2) is 0 Å². The summed E-state index contributed by atoms with van der Waals surface area (Å²) in [5, 5.41) is 4.29. The lowest BCUT2D eigenvalue weighted by Crippen LogP contribution is -2.07. The molecule has 0 bridgehead atoms. The fourth-order valence-corrected chi connectivity index (χ4v) is 2.51. The third-order valence-electron chi connectivity index (χ3n) is 3.22. The summed E-state index contributed by atoms with van der Waals surface area (Å²) in [6, 6.07) is 12.5. The van der Waals surface area contributed by atoms with Gasteiger partial charge in [-0.05, 0) is 42.3 Å². The van der Waals surface area contributed by atoms with Crippen LogP contribution in [0.25, 0.3) is 10.9 Å². The molecule has 2 aromatic carbocycles. The molecule has 0 radical (unpaired) electrons. The zero-order valence-corrected chi connectivity index (χ0v) is 12.8. The van der Waals surface area contributed by atoms with Gasteiger partial charge in [0, 0.05) is 16.4 Å². The van der Waals surface area contributed by atoms with Crippen molar-refractivity contribution in [1.82, 2.24) is 9.97 Å². The highest BCUT2D eigenvalue weighted by Gasteiger charge is 2.04. The lowest BCUT2D eigenvalue weighted by molar-refractivity contribution is 0.627. The minimum absolute atomic E-state index is 0.210. The van der Waals surface area contributed by atoms with Gasteiger partial charge in [0.05, 0.1) is 5.52 Å². The average Bonchev–Trinajstić information content (AvgIpc) is 2.50. The maximum Gasteiger partial charge on any atom is 0.137 e. The van der Waals surface area contributed by atoms with Gasteiger partial charge in [-0.2, -0.15) is 0 Å². The molecule has 1 heterocycles. The molecule has 21 heavy (non-hydrogen) atoms. The van der Waals surface area contributed by atoms with Crippen LogP contribution in [0.2, 0.25) is 0 Å². The fraction of sp³-hybridized carbons (Fsp3) is 0.125. The number of fused-ring (bicyclic) bond motifs is 1. The summed E-state index contributed by atoms with van der Waals surface area (Å²) in [4.78, 5) is 8.54. The Bertz CT molecular complexity index is 759. The van der Waals surface area contributed by atoms with Crippen LogP contribution >= 0.6 is 15.9 Å². The van der Waals surface area contributed by atoms with E-state index in [1.165, 1.54) is 12.1 Å². The maximum atomic E-state index is 12.8. The number of nitrogens with zero attached hydrogens (tertiary/aromatic N) is 2. The van der Waals surface area contributed by atoms with Crippen molar-refractivity contribution in [1.29, 1.82) is 0 Å². The van der Waals surface area contributed by atoms with Crippen LogP contribution in [0.4, 0.5) is 10.2 Å². The first-order valence-electron chi connectivity index (χ1n) is 6.61. The van der Waals surface area contributed by atoms with Gasteiger partial charge in [0.1, 0.15) is 18.0 Å². The van der Waals surface area contributed by atoms with E-state index in [0.29, 0.717) is 0 Å². The highest BCUT2D eigenvalue weighted by molar-refractivity contribution is 9.10. The summed E-state index contributed by atoms with van der Waals surface area (Å²) < 4.78 is 13.8. The van der Waals surface area contributed by atoms with E-state index in [9.17, 15) is 4.39 Å². The van der Waals surface area contributed by atoms with Crippen LogP contribution in [-0.4, -0.2) is 16.5 Å².